The maximum absolute atomic E-state index is 13.0. The standard InChI is InChI=1S/C20H28N4O3/c1-3-5-23-16-14(17(26)24(6-4-2)19(23)27)21-18(22-16)20-8-11-7-12(9-20)15(25)13(11)10-20/h11-13,15,25H,3-10H2,1-2H3,(H,21,22). The maximum Gasteiger partial charge on any atom is 0.332 e. The molecular formula is C20H28N4O3. The largest absolute Gasteiger partial charge is 0.393 e. The smallest absolute Gasteiger partial charge is 0.332 e. The van der Waals surface area contributed by atoms with E-state index in [4.69, 9.17) is 4.98 Å². The molecule has 0 radical (unpaired) electrons. The van der Waals surface area contributed by atoms with Crippen LogP contribution in [0.1, 0.15) is 58.2 Å². The molecule has 2 aromatic rings. The van der Waals surface area contributed by atoms with Crippen LogP contribution in [-0.4, -0.2) is 30.3 Å². The monoisotopic (exact) mass is 372 g/mol. The van der Waals surface area contributed by atoms with Gasteiger partial charge in [0.05, 0.1) is 6.10 Å². The van der Waals surface area contributed by atoms with Gasteiger partial charge in [-0.1, -0.05) is 13.8 Å². The fourth-order valence-electron chi connectivity index (χ4n) is 6.32. The summed E-state index contributed by atoms with van der Waals surface area (Å²) in [6.07, 6.45) is 5.41. The van der Waals surface area contributed by atoms with Gasteiger partial charge in [0.25, 0.3) is 5.56 Å². The van der Waals surface area contributed by atoms with Crippen LogP contribution in [0.15, 0.2) is 9.59 Å². The highest BCUT2D eigenvalue weighted by atomic mass is 16.3. The SMILES string of the molecule is CCCn1c(=O)c2[nH]c(C34CC5CC(C3)C(C4)C5O)nc2n(CCC)c1=O. The van der Waals surface area contributed by atoms with Gasteiger partial charge in [-0.3, -0.25) is 13.9 Å². The van der Waals surface area contributed by atoms with E-state index in [9.17, 15) is 14.7 Å². The van der Waals surface area contributed by atoms with Crippen LogP contribution in [-0.2, 0) is 18.5 Å². The summed E-state index contributed by atoms with van der Waals surface area (Å²) in [6.45, 7) is 4.98. The molecule has 146 valence electrons. The first-order chi connectivity index (χ1) is 13.0. The molecule has 0 aromatic carbocycles. The van der Waals surface area contributed by atoms with Crippen LogP contribution < -0.4 is 11.2 Å². The molecule has 0 saturated heterocycles. The zero-order chi connectivity index (χ0) is 18.9. The molecule has 7 nitrogen and oxygen atoms in total. The molecule has 5 unspecified atom stereocenters. The molecule has 0 amide bonds. The summed E-state index contributed by atoms with van der Waals surface area (Å²) in [5.74, 6) is 2.15. The number of aromatic nitrogens is 4. The van der Waals surface area contributed by atoms with Gasteiger partial charge in [-0.2, -0.15) is 0 Å². The summed E-state index contributed by atoms with van der Waals surface area (Å²) in [6, 6.07) is 0. The van der Waals surface area contributed by atoms with Crippen molar-refractivity contribution in [2.45, 2.75) is 77.0 Å². The van der Waals surface area contributed by atoms with Crippen molar-refractivity contribution in [3.63, 3.8) is 0 Å². The third-order valence-corrected chi connectivity index (χ3v) is 7.32. The second-order valence-electron chi connectivity index (χ2n) is 8.98. The molecule has 0 aliphatic heterocycles. The fraction of sp³-hybridized carbons (Fsp3) is 0.750. The third-order valence-electron chi connectivity index (χ3n) is 7.32. The predicted molar refractivity (Wildman–Crippen MR) is 102 cm³/mol. The second kappa shape index (κ2) is 5.80. The van der Waals surface area contributed by atoms with Crippen molar-refractivity contribution in [3.05, 3.63) is 26.7 Å². The molecule has 2 aromatic heterocycles. The summed E-state index contributed by atoms with van der Waals surface area (Å²) in [5, 5.41) is 10.5. The van der Waals surface area contributed by atoms with E-state index in [-0.39, 0.29) is 22.8 Å². The average Bonchev–Trinajstić information content (AvgIpc) is 3.27. The quantitative estimate of drug-likeness (QED) is 0.836. The number of aliphatic hydroxyl groups is 1. The van der Waals surface area contributed by atoms with Crippen LogP contribution in [0, 0.1) is 17.8 Å². The van der Waals surface area contributed by atoms with Gasteiger partial charge >= 0.3 is 5.69 Å². The first kappa shape index (κ1) is 17.2. The molecule has 2 N–H and O–H groups in total. The van der Waals surface area contributed by atoms with Crippen molar-refractivity contribution >= 4 is 11.2 Å². The number of nitrogens with one attached hydrogen (secondary N) is 1. The molecule has 27 heavy (non-hydrogen) atoms. The molecule has 4 saturated carbocycles. The average molecular weight is 372 g/mol. The van der Waals surface area contributed by atoms with Crippen molar-refractivity contribution in [1.82, 2.24) is 19.1 Å². The Balaban J connectivity index is 1.68. The molecule has 4 fully saturated rings. The van der Waals surface area contributed by atoms with E-state index in [2.05, 4.69) is 4.98 Å². The number of aliphatic hydroxyl groups excluding tert-OH is 1. The van der Waals surface area contributed by atoms with Crippen molar-refractivity contribution in [3.8, 4) is 0 Å². The Kier molecular flexibility index (Phi) is 3.70. The first-order valence-electron chi connectivity index (χ1n) is 10.4. The van der Waals surface area contributed by atoms with Crippen molar-refractivity contribution in [1.29, 1.82) is 0 Å². The third kappa shape index (κ3) is 2.21. The Hall–Kier alpha value is -1.89. The highest BCUT2D eigenvalue weighted by Crippen LogP contribution is 2.64. The van der Waals surface area contributed by atoms with E-state index in [0.717, 1.165) is 44.3 Å². The van der Waals surface area contributed by atoms with Crippen LogP contribution in [0.2, 0.25) is 0 Å². The van der Waals surface area contributed by atoms with Gasteiger partial charge in [0.2, 0.25) is 0 Å². The minimum atomic E-state index is -0.255. The lowest BCUT2D eigenvalue weighted by atomic mass is 9.68. The number of imidazole rings is 1. The summed E-state index contributed by atoms with van der Waals surface area (Å²) in [7, 11) is 0. The van der Waals surface area contributed by atoms with Gasteiger partial charge in [-0.25, -0.2) is 9.78 Å². The number of hydrogen-bond acceptors (Lipinski definition) is 4. The molecular weight excluding hydrogens is 344 g/mol. The fourth-order valence-corrected chi connectivity index (χ4v) is 6.32. The molecule has 0 spiro atoms. The summed E-state index contributed by atoms with van der Waals surface area (Å²) in [5.41, 5.74) is 0.398. The number of nitrogens with zero attached hydrogens (tertiary/aromatic N) is 3. The lowest BCUT2D eigenvalue weighted by Crippen LogP contribution is -2.40. The number of rotatable bonds is 5. The van der Waals surface area contributed by atoms with Gasteiger partial charge in [-0.05, 0) is 56.3 Å². The summed E-state index contributed by atoms with van der Waals surface area (Å²) < 4.78 is 3.01. The van der Waals surface area contributed by atoms with Gasteiger partial charge in [-0.15, -0.1) is 0 Å². The number of aryl methyl sites for hydroxylation is 1. The van der Waals surface area contributed by atoms with Gasteiger partial charge in [0, 0.05) is 18.5 Å². The predicted octanol–water partition coefficient (Wildman–Crippen LogP) is 1.75. The maximum atomic E-state index is 13.0. The molecule has 5 atom stereocenters. The Morgan fingerprint density at radius 1 is 1.11 bits per heavy atom. The molecule has 6 rings (SSSR count). The van der Waals surface area contributed by atoms with E-state index in [0.29, 0.717) is 42.0 Å². The van der Waals surface area contributed by atoms with E-state index in [1.165, 1.54) is 4.57 Å². The number of H-pyrrole nitrogens is 1. The van der Waals surface area contributed by atoms with E-state index in [1.807, 2.05) is 13.8 Å². The van der Waals surface area contributed by atoms with E-state index in [1.54, 1.807) is 4.57 Å². The highest BCUT2D eigenvalue weighted by molar-refractivity contribution is 5.70. The minimum absolute atomic E-state index is 0.0639. The normalized spacial score (nSPS) is 34.2. The van der Waals surface area contributed by atoms with E-state index < -0.39 is 0 Å². The van der Waals surface area contributed by atoms with Crippen molar-refractivity contribution in [2.75, 3.05) is 0 Å². The lowest BCUT2D eigenvalue weighted by molar-refractivity contribution is 0.0410. The number of fused-ring (bicyclic) bond motifs is 1. The Morgan fingerprint density at radius 2 is 1.81 bits per heavy atom. The van der Waals surface area contributed by atoms with E-state index >= 15 is 0 Å². The first-order valence-corrected chi connectivity index (χ1v) is 10.4. The van der Waals surface area contributed by atoms with Gasteiger partial charge in [0.15, 0.2) is 5.65 Å². The number of aromatic amines is 1. The molecule has 4 aliphatic carbocycles. The topological polar surface area (TPSA) is 92.9 Å². The van der Waals surface area contributed by atoms with Gasteiger partial charge in [0.1, 0.15) is 11.3 Å². The highest BCUT2D eigenvalue weighted by Gasteiger charge is 2.61. The molecule has 4 bridgehead atoms. The minimum Gasteiger partial charge on any atom is -0.393 e. The molecule has 4 aliphatic rings. The summed E-state index contributed by atoms with van der Waals surface area (Å²) >= 11 is 0. The lowest BCUT2D eigenvalue weighted by Gasteiger charge is -2.38. The van der Waals surface area contributed by atoms with Crippen LogP contribution in [0.25, 0.3) is 11.2 Å². The Labute approximate surface area is 157 Å². The van der Waals surface area contributed by atoms with Crippen LogP contribution in [0.5, 0.6) is 0 Å². The molecule has 2 heterocycles. The van der Waals surface area contributed by atoms with Crippen LogP contribution in [0.3, 0.4) is 0 Å². The van der Waals surface area contributed by atoms with Gasteiger partial charge < -0.3 is 10.1 Å². The van der Waals surface area contributed by atoms with Crippen LogP contribution >= 0.6 is 0 Å². The Bertz CT molecular complexity index is 1010. The van der Waals surface area contributed by atoms with Crippen molar-refractivity contribution < 1.29 is 5.11 Å². The molecule has 7 heteroatoms. The zero-order valence-electron chi connectivity index (χ0n) is 16.1. The Morgan fingerprint density at radius 3 is 2.48 bits per heavy atom. The summed E-state index contributed by atoms with van der Waals surface area (Å²) in [4.78, 5) is 34.0. The van der Waals surface area contributed by atoms with Crippen LogP contribution in [0.4, 0.5) is 0 Å². The zero-order valence-corrected chi connectivity index (χ0v) is 16.1. The second-order valence-corrected chi connectivity index (χ2v) is 8.98. The number of hydrogen-bond donors (Lipinski definition) is 2. The van der Waals surface area contributed by atoms with Crippen molar-refractivity contribution in [2.24, 2.45) is 17.8 Å².